The Labute approximate surface area is 63.1 Å². The topological polar surface area (TPSA) is 17.1 Å². The number of hydrogen-bond donors (Lipinski definition) is 0. The summed E-state index contributed by atoms with van der Waals surface area (Å²) in [6, 6.07) is 0. The maximum atomic E-state index is 10.4. The van der Waals surface area contributed by atoms with Crippen LogP contribution in [0.5, 0.6) is 0 Å². The highest BCUT2D eigenvalue weighted by Gasteiger charge is 2.07. The molecule has 0 bridgehead atoms. The third-order valence-electron chi connectivity index (χ3n) is 1.45. The zero-order valence-electron chi connectivity index (χ0n) is 7.22. The van der Waals surface area contributed by atoms with Gasteiger partial charge in [-0.15, -0.1) is 0 Å². The minimum absolute atomic E-state index is 0.102. The molecule has 0 aromatic carbocycles. The quantitative estimate of drug-likeness (QED) is 0.434. The van der Waals surface area contributed by atoms with Gasteiger partial charge in [-0.25, -0.2) is 0 Å². The summed E-state index contributed by atoms with van der Waals surface area (Å²) >= 11 is 0. The molecule has 1 unspecified atom stereocenters. The maximum Gasteiger partial charge on any atom is 0.127 e. The first-order chi connectivity index (χ1) is 4.57. The van der Waals surface area contributed by atoms with Gasteiger partial charge in [0, 0.05) is 5.92 Å². The SMILES string of the molecule is CC(C)=CC(C=O)C(C)C. The van der Waals surface area contributed by atoms with Crippen LogP contribution in [0.25, 0.3) is 0 Å². The summed E-state index contributed by atoms with van der Waals surface area (Å²) in [5.41, 5.74) is 1.21. The molecule has 0 N–H and O–H groups in total. The van der Waals surface area contributed by atoms with Crippen LogP contribution < -0.4 is 0 Å². The van der Waals surface area contributed by atoms with Crippen molar-refractivity contribution in [3.8, 4) is 0 Å². The summed E-state index contributed by atoms with van der Waals surface area (Å²) < 4.78 is 0. The number of hydrogen-bond acceptors (Lipinski definition) is 1. The van der Waals surface area contributed by atoms with Crippen LogP contribution in [0, 0.1) is 11.8 Å². The van der Waals surface area contributed by atoms with Crippen molar-refractivity contribution in [1.82, 2.24) is 0 Å². The molecular formula is C9H16O. The highest BCUT2D eigenvalue weighted by Crippen LogP contribution is 2.11. The van der Waals surface area contributed by atoms with Gasteiger partial charge in [0.1, 0.15) is 6.29 Å². The number of aldehydes is 1. The molecule has 0 aliphatic carbocycles. The fraction of sp³-hybridized carbons (Fsp3) is 0.667. The molecule has 0 rings (SSSR count). The van der Waals surface area contributed by atoms with E-state index in [1.54, 1.807) is 0 Å². The first kappa shape index (κ1) is 9.41. The lowest BCUT2D eigenvalue weighted by atomic mass is 9.96. The van der Waals surface area contributed by atoms with E-state index in [2.05, 4.69) is 13.8 Å². The molecule has 0 saturated carbocycles. The predicted molar refractivity (Wildman–Crippen MR) is 43.8 cm³/mol. The average molecular weight is 140 g/mol. The van der Waals surface area contributed by atoms with Crippen molar-refractivity contribution >= 4 is 6.29 Å². The lowest BCUT2D eigenvalue weighted by molar-refractivity contribution is -0.110. The van der Waals surface area contributed by atoms with E-state index in [9.17, 15) is 4.79 Å². The molecule has 58 valence electrons. The van der Waals surface area contributed by atoms with E-state index in [0.29, 0.717) is 5.92 Å². The molecule has 0 amide bonds. The molecule has 0 aromatic rings. The van der Waals surface area contributed by atoms with Gasteiger partial charge in [-0.2, -0.15) is 0 Å². The van der Waals surface area contributed by atoms with Gasteiger partial charge in [0.05, 0.1) is 0 Å². The van der Waals surface area contributed by atoms with E-state index in [1.165, 1.54) is 5.57 Å². The van der Waals surface area contributed by atoms with E-state index >= 15 is 0 Å². The van der Waals surface area contributed by atoms with Crippen LogP contribution in [0.3, 0.4) is 0 Å². The number of rotatable bonds is 3. The van der Waals surface area contributed by atoms with Crippen LogP contribution >= 0.6 is 0 Å². The smallest absolute Gasteiger partial charge is 0.127 e. The molecule has 0 aliphatic rings. The number of carbonyl (C=O) groups excluding carboxylic acids is 1. The van der Waals surface area contributed by atoms with Crippen molar-refractivity contribution in [3.05, 3.63) is 11.6 Å². The van der Waals surface area contributed by atoms with Crippen LogP contribution in [-0.4, -0.2) is 6.29 Å². The second-order valence-corrected chi connectivity index (χ2v) is 3.20. The number of allylic oxidation sites excluding steroid dienone is 2. The summed E-state index contributed by atoms with van der Waals surface area (Å²) in [6.07, 6.45) is 3.02. The van der Waals surface area contributed by atoms with Crippen molar-refractivity contribution in [2.45, 2.75) is 27.7 Å². The molecule has 0 radical (unpaired) electrons. The molecule has 1 nitrogen and oxygen atoms in total. The monoisotopic (exact) mass is 140 g/mol. The molecule has 0 spiro atoms. The Bertz CT molecular complexity index is 130. The number of carbonyl (C=O) groups is 1. The second kappa shape index (κ2) is 4.26. The minimum Gasteiger partial charge on any atom is -0.303 e. The Morgan fingerprint density at radius 3 is 1.90 bits per heavy atom. The molecule has 1 heteroatoms. The van der Waals surface area contributed by atoms with Gasteiger partial charge in [-0.3, -0.25) is 0 Å². The normalized spacial score (nSPS) is 12.9. The molecule has 0 aliphatic heterocycles. The molecule has 0 aromatic heterocycles. The van der Waals surface area contributed by atoms with Gasteiger partial charge in [0.15, 0.2) is 0 Å². The van der Waals surface area contributed by atoms with Crippen molar-refractivity contribution < 1.29 is 4.79 Å². The summed E-state index contributed by atoms with van der Waals surface area (Å²) in [4.78, 5) is 10.4. The first-order valence-corrected chi connectivity index (χ1v) is 3.68. The van der Waals surface area contributed by atoms with E-state index < -0.39 is 0 Å². The van der Waals surface area contributed by atoms with E-state index in [1.807, 2.05) is 19.9 Å². The fourth-order valence-corrected chi connectivity index (χ4v) is 0.774. The highest BCUT2D eigenvalue weighted by molar-refractivity contribution is 5.57. The molecule has 0 fully saturated rings. The van der Waals surface area contributed by atoms with Gasteiger partial charge < -0.3 is 4.79 Å². The summed E-state index contributed by atoms with van der Waals surface area (Å²) in [5, 5.41) is 0. The Hall–Kier alpha value is -0.590. The Morgan fingerprint density at radius 1 is 1.30 bits per heavy atom. The van der Waals surface area contributed by atoms with Crippen LogP contribution in [0.15, 0.2) is 11.6 Å². The van der Waals surface area contributed by atoms with Crippen LogP contribution in [0.1, 0.15) is 27.7 Å². The van der Waals surface area contributed by atoms with Crippen LogP contribution in [0.4, 0.5) is 0 Å². The van der Waals surface area contributed by atoms with Gasteiger partial charge >= 0.3 is 0 Å². The zero-order valence-corrected chi connectivity index (χ0v) is 7.22. The third-order valence-corrected chi connectivity index (χ3v) is 1.45. The van der Waals surface area contributed by atoms with Gasteiger partial charge in [0.2, 0.25) is 0 Å². The Morgan fingerprint density at radius 2 is 1.80 bits per heavy atom. The maximum absolute atomic E-state index is 10.4. The van der Waals surface area contributed by atoms with Gasteiger partial charge in [-0.05, 0) is 19.8 Å². The lowest BCUT2D eigenvalue weighted by Crippen LogP contribution is -2.06. The van der Waals surface area contributed by atoms with Crippen molar-refractivity contribution in [3.63, 3.8) is 0 Å². The van der Waals surface area contributed by atoms with Crippen LogP contribution in [0.2, 0.25) is 0 Å². The average Bonchev–Trinajstić information content (AvgIpc) is 1.81. The van der Waals surface area contributed by atoms with Gasteiger partial charge in [0.25, 0.3) is 0 Å². The van der Waals surface area contributed by atoms with Crippen molar-refractivity contribution in [2.75, 3.05) is 0 Å². The van der Waals surface area contributed by atoms with E-state index in [4.69, 9.17) is 0 Å². The first-order valence-electron chi connectivity index (χ1n) is 3.68. The fourth-order valence-electron chi connectivity index (χ4n) is 0.774. The van der Waals surface area contributed by atoms with Crippen molar-refractivity contribution in [2.24, 2.45) is 11.8 Å². The summed E-state index contributed by atoms with van der Waals surface area (Å²) in [6.45, 7) is 8.13. The van der Waals surface area contributed by atoms with Crippen LogP contribution in [-0.2, 0) is 4.79 Å². The third kappa shape index (κ3) is 3.44. The molecule has 0 heterocycles. The second-order valence-electron chi connectivity index (χ2n) is 3.20. The standard InChI is InChI=1S/C9H16O/c1-7(2)5-9(6-10)8(3)4/h5-6,8-9H,1-4H3. The van der Waals surface area contributed by atoms with Gasteiger partial charge in [-0.1, -0.05) is 25.5 Å². The largest absolute Gasteiger partial charge is 0.303 e. The molecule has 10 heavy (non-hydrogen) atoms. The van der Waals surface area contributed by atoms with E-state index in [0.717, 1.165) is 6.29 Å². The lowest BCUT2D eigenvalue weighted by Gasteiger charge is -2.08. The summed E-state index contributed by atoms with van der Waals surface area (Å²) in [7, 11) is 0. The molecule has 0 saturated heterocycles. The van der Waals surface area contributed by atoms with E-state index in [-0.39, 0.29) is 5.92 Å². The predicted octanol–water partition coefficient (Wildman–Crippen LogP) is 2.42. The minimum atomic E-state index is 0.102. The zero-order chi connectivity index (χ0) is 8.15. The molecular weight excluding hydrogens is 124 g/mol. The Kier molecular flexibility index (Phi) is 4.01. The Balaban J connectivity index is 4.09. The summed E-state index contributed by atoms with van der Waals surface area (Å²) in [5.74, 6) is 0.525. The molecule has 1 atom stereocenters. The highest BCUT2D eigenvalue weighted by atomic mass is 16.1. The van der Waals surface area contributed by atoms with Crippen molar-refractivity contribution in [1.29, 1.82) is 0 Å².